The molecule has 0 spiro atoms. The summed E-state index contributed by atoms with van der Waals surface area (Å²) >= 11 is 0. The summed E-state index contributed by atoms with van der Waals surface area (Å²) in [5.41, 5.74) is 3.39. The molecule has 1 unspecified atom stereocenters. The Balaban J connectivity index is 1.80. The van der Waals surface area contributed by atoms with Crippen molar-refractivity contribution in [2.24, 2.45) is 0 Å². The molecule has 0 amide bonds. The summed E-state index contributed by atoms with van der Waals surface area (Å²) in [5, 5.41) is 3.06. The molecule has 1 aliphatic heterocycles. The molecule has 0 radical (unpaired) electrons. The highest BCUT2D eigenvalue weighted by Crippen LogP contribution is 2.56. The fourth-order valence-electron chi connectivity index (χ4n) is 4.80. The molecule has 0 bridgehead atoms. The van der Waals surface area contributed by atoms with Gasteiger partial charge in [-0.05, 0) is 64.7 Å². The molecule has 192 valence electrons. The van der Waals surface area contributed by atoms with Crippen LogP contribution in [0.3, 0.4) is 0 Å². The van der Waals surface area contributed by atoms with Crippen LogP contribution in [0.2, 0.25) is 0 Å². The van der Waals surface area contributed by atoms with Gasteiger partial charge in [-0.2, -0.15) is 0 Å². The maximum Gasteiger partial charge on any atom is 0.311 e. The Kier molecular flexibility index (Phi) is 7.28. The fourth-order valence-corrected chi connectivity index (χ4v) is 7.26. The van der Waals surface area contributed by atoms with Gasteiger partial charge in [0.15, 0.2) is 0 Å². The minimum atomic E-state index is -3.73. The number of fused-ring (bicyclic) bond motifs is 2. The lowest BCUT2D eigenvalue weighted by Gasteiger charge is -2.30. The van der Waals surface area contributed by atoms with Crippen molar-refractivity contribution in [1.82, 2.24) is 0 Å². The molecule has 4 aromatic carbocycles. The van der Waals surface area contributed by atoms with Gasteiger partial charge in [0.25, 0.3) is 0 Å². The lowest BCUT2D eigenvalue weighted by Crippen LogP contribution is -2.26. The van der Waals surface area contributed by atoms with Crippen LogP contribution >= 0.6 is 7.37 Å². The summed E-state index contributed by atoms with van der Waals surface area (Å²) in [5.74, 6) is 3.80. The fraction of sp³-hybridized carbons (Fsp3) is 0.0588. The number of hydrogen-bond donors (Lipinski definition) is 0. The molecule has 0 N–H and O–H groups in total. The minimum Gasteiger partial charge on any atom is -0.489 e. The predicted octanol–water partition coefficient (Wildman–Crippen LogP) is 7.77. The third kappa shape index (κ3) is 4.70. The zero-order valence-electron chi connectivity index (χ0n) is 21.6. The highest BCUT2D eigenvalue weighted by Gasteiger charge is 2.40. The molecule has 0 fully saturated rings. The summed E-state index contributed by atoms with van der Waals surface area (Å²) in [4.78, 5) is 0. The first-order valence-corrected chi connectivity index (χ1v) is 14.1. The van der Waals surface area contributed by atoms with Gasteiger partial charge in [-0.1, -0.05) is 85.8 Å². The second-order valence-corrected chi connectivity index (χ2v) is 11.1. The number of terminal acetylenes is 1. The van der Waals surface area contributed by atoms with Gasteiger partial charge in [-0.15, -0.1) is 6.42 Å². The monoisotopic (exact) mass is 530 g/mol. The Hall–Kier alpha value is -4.71. The third-order valence-corrected chi connectivity index (χ3v) is 9.04. The van der Waals surface area contributed by atoms with E-state index in [1.54, 1.807) is 18.2 Å². The van der Waals surface area contributed by atoms with E-state index in [9.17, 15) is 0 Å². The van der Waals surface area contributed by atoms with Crippen molar-refractivity contribution in [2.75, 3.05) is 6.61 Å². The SMILES string of the molecule is C#C/C=C\C1=C(C)c2ccccc2P(=O)(c2cc(OCC=C)c(-c3cccc4ccccc34)cc2OC=C)O1. The Bertz CT molecular complexity index is 1750. The molecule has 0 saturated carbocycles. The number of rotatable bonds is 8. The largest absolute Gasteiger partial charge is 0.489 e. The quantitative estimate of drug-likeness (QED) is 0.101. The third-order valence-electron chi connectivity index (χ3n) is 6.58. The van der Waals surface area contributed by atoms with Crippen LogP contribution in [-0.2, 0) is 9.09 Å². The van der Waals surface area contributed by atoms with Crippen molar-refractivity contribution in [3.05, 3.63) is 128 Å². The average molecular weight is 531 g/mol. The summed E-state index contributed by atoms with van der Waals surface area (Å²) in [6.07, 6.45) is 11.6. The van der Waals surface area contributed by atoms with E-state index in [-0.39, 0.29) is 6.61 Å². The van der Waals surface area contributed by atoms with E-state index in [2.05, 4.69) is 37.3 Å². The zero-order chi connectivity index (χ0) is 27.4. The Labute approximate surface area is 229 Å². The predicted molar refractivity (Wildman–Crippen MR) is 161 cm³/mol. The summed E-state index contributed by atoms with van der Waals surface area (Å²) < 4.78 is 33.4. The second kappa shape index (κ2) is 11.0. The molecule has 1 heterocycles. The van der Waals surface area contributed by atoms with Crippen LogP contribution in [0, 0.1) is 12.3 Å². The smallest absolute Gasteiger partial charge is 0.311 e. The molecule has 0 aliphatic carbocycles. The van der Waals surface area contributed by atoms with Crippen LogP contribution in [0.1, 0.15) is 12.5 Å². The van der Waals surface area contributed by atoms with Gasteiger partial charge in [0.05, 0.1) is 16.9 Å². The molecule has 39 heavy (non-hydrogen) atoms. The summed E-state index contributed by atoms with van der Waals surface area (Å²) in [6.45, 7) is 9.74. The first kappa shape index (κ1) is 25.9. The molecule has 0 aromatic heterocycles. The van der Waals surface area contributed by atoms with Gasteiger partial charge >= 0.3 is 7.37 Å². The molecule has 4 aromatic rings. The first-order valence-electron chi connectivity index (χ1n) is 12.4. The topological polar surface area (TPSA) is 44.8 Å². The van der Waals surface area contributed by atoms with Crippen molar-refractivity contribution in [2.45, 2.75) is 6.92 Å². The molecule has 5 heteroatoms. The molecule has 1 aliphatic rings. The Morgan fingerprint density at radius 1 is 0.923 bits per heavy atom. The van der Waals surface area contributed by atoms with Crippen LogP contribution in [0.15, 0.2) is 122 Å². The first-order chi connectivity index (χ1) is 19.0. The summed E-state index contributed by atoms with van der Waals surface area (Å²) in [6, 6.07) is 25.3. The maximum atomic E-state index is 15.0. The highest BCUT2D eigenvalue weighted by atomic mass is 31.2. The minimum absolute atomic E-state index is 0.260. The Morgan fingerprint density at radius 3 is 2.46 bits per heavy atom. The molecular weight excluding hydrogens is 503 g/mol. The zero-order valence-corrected chi connectivity index (χ0v) is 22.5. The van der Waals surface area contributed by atoms with E-state index < -0.39 is 7.37 Å². The van der Waals surface area contributed by atoms with Crippen molar-refractivity contribution in [1.29, 1.82) is 0 Å². The summed E-state index contributed by atoms with van der Waals surface area (Å²) in [7, 11) is -3.73. The van der Waals surface area contributed by atoms with Gasteiger partial charge in [0.1, 0.15) is 23.9 Å². The van der Waals surface area contributed by atoms with Gasteiger partial charge < -0.3 is 14.0 Å². The molecule has 4 nitrogen and oxygen atoms in total. The van der Waals surface area contributed by atoms with Gasteiger partial charge in [0, 0.05) is 5.56 Å². The standard InChI is InChI=1S/C34H27O4P/c1-5-8-19-30-24(4)26-16-11-12-20-33(26)39(35,38-30)34-23-31(37-21-6-2)29(22-32(34)36-7-3)28-18-13-15-25-14-9-10-17-27(25)28/h1,6-20,22-23H,2-3,21H2,4H3/b19-8-. The van der Waals surface area contributed by atoms with Crippen LogP contribution in [0.5, 0.6) is 11.5 Å². The van der Waals surface area contributed by atoms with E-state index in [1.807, 2.05) is 61.5 Å². The number of benzene rings is 4. The van der Waals surface area contributed by atoms with Crippen molar-refractivity contribution in [3.8, 4) is 35.0 Å². The number of allylic oxidation sites excluding steroid dienone is 3. The van der Waals surface area contributed by atoms with Crippen LogP contribution < -0.4 is 20.1 Å². The van der Waals surface area contributed by atoms with E-state index in [1.165, 1.54) is 12.3 Å². The van der Waals surface area contributed by atoms with Crippen molar-refractivity contribution < 1.29 is 18.6 Å². The van der Waals surface area contributed by atoms with Gasteiger partial charge in [-0.3, -0.25) is 4.57 Å². The average Bonchev–Trinajstić information content (AvgIpc) is 2.97. The lowest BCUT2D eigenvalue weighted by atomic mass is 9.97. The van der Waals surface area contributed by atoms with Gasteiger partial charge in [0.2, 0.25) is 0 Å². The normalized spacial score (nSPS) is 16.3. The van der Waals surface area contributed by atoms with Crippen LogP contribution in [0.4, 0.5) is 0 Å². The molecule has 0 saturated heterocycles. The number of hydrogen-bond acceptors (Lipinski definition) is 4. The Morgan fingerprint density at radius 2 is 1.67 bits per heavy atom. The van der Waals surface area contributed by atoms with Crippen LogP contribution in [-0.4, -0.2) is 6.61 Å². The lowest BCUT2D eigenvalue weighted by molar-refractivity contribution is 0.364. The number of ether oxygens (including phenoxy) is 2. The van der Waals surface area contributed by atoms with E-state index >= 15 is 4.57 Å². The van der Waals surface area contributed by atoms with E-state index in [4.69, 9.17) is 20.4 Å². The molecule has 1 atom stereocenters. The molecule has 5 rings (SSSR count). The van der Waals surface area contributed by atoms with Crippen molar-refractivity contribution in [3.63, 3.8) is 0 Å². The van der Waals surface area contributed by atoms with Crippen molar-refractivity contribution >= 4 is 34.3 Å². The van der Waals surface area contributed by atoms with E-state index in [0.717, 1.165) is 33.0 Å². The van der Waals surface area contributed by atoms with E-state index in [0.29, 0.717) is 27.9 Å². The maximum absolute atomic E-state index is 15.0. The second-order valence-electron chi connectivity index (χ2n) is 8.88. The molecular formula is C34H27O4P. The van der Waals surface area contributed by atoms with Gasteiger partial charge in [-0.25, -0.2) is 0 Å². The highest BCUT2D eigenvalue weighted by molar-refractivity contribution is 7.75. The van der Waals surface area contributed by atoms with Crippen LogP contribution in [0.25, 0.3) is 27.5 Å².